The highest BCUT2D eigenvalue weighted by Crippen LogP contribution is 2.28. The Kier molecular flexibility index (Phi) is 4.61. The number of aliphatic imine (C=N–C) groups is 1. The van der Waals surface area contributed by atoms with Gasteiger partial charge in [0.2, 0.25) is 5.95 Å². The van der Waals surface area contributed by atoms with Gasteiger partial charge in [-0.1, -0.05) is 11.8 Å². The lowest BCUT2D eigenvalue weighted by molar-refractivity contribution is 0.0954. The van der Waals surface area contributed by atoms with E-state index in [0.29, 0.717) is 12.1 Å². The largest absolute Gasteiger partial charge is 0.346 e. The third-order valence-corrected chi connectivity index (χ3v) is 5.68. The van der Waals surface area contributed by atoms with Crippen LogP contribution < -0.4 is 10.2 Å². The zero-order chi connectivity index (χ0) is 17.2. The van der Waals surface area contributed by atoms with Crippen LogP contribution in [0.4, 0.5) is 5.95 Å². The Bertz CT molecular complexity index is 741. The molecule has 1 aromatic rings. The zero-order valence-corrected chi connectivity index (χ0v) is 15.2. The van der Waals surface area contributed by atoms with Gasteiger partial charge in [-0.2, -0.15) is 0 Å². The standard InChI is InChI=1S/C17H22N6OS/c1-12-14(10-20-16(21-12)22-6-3-2-4-7-22)15(24)19-9-13-11-25-17-18-5-8-23(13)17/h10-11H,2-9H2,1H3,(H,19,24). The number of hydrogen-bond acceptors (Lipinski definition) is 7. The van der Waals surface area contributed by atoms with E-state index in [-0.39, 0.29) is 5.91 Å². The average Bonchev–Trinajstić information content (AvgIpc) is 3.24. The molecule has 132 valence electrons. The molecule has 8 heteroatoms. The molecule has 3 aliphatic heterocycles. The van der Waals surface area contributed by atoms with Gasteiger partial charge >= 0.3 is 0 Å². The van der Waals surface area contributed by atoms with Gasteiger partial charge in [0.05, 0.1) is 24.3 Å². The molecule has 1 amide bonds. The molecule has 7 nitrogen and oxygen atoms in total. The van der Waals surface area contributed by atoms with E-state index in [2.05, 4.69) is 35.5 Å². The van der Waals surface area contributed by atoms with Gasteiger partial charge in [-0.3, -0.25) is 9.79 Å². The van der Waals surface area contributed by atoms with E-state index in [1.807, 2.05) is 6.92 Å². The van der Waals surface area contributed by atoms with Crippen molar-refractivity contribution in [3.63, 3.8) is 0 Å². The van der Waals surface area contributed by atoms with Gasteiger partial charge in [0.1, 0.15) is 0 Å². The van der Waals surface area contributed by atoms with Crippen LogP contribution in [0.5, 0.6) is 0 Å². The molecule has 4 rings (SSSR count). The van der Waals surface area contributed by atoms with E-state index in [4.69, 9.17) is 0 Å². The van der Waals surface area contributed by atoms with Crippen molar-refractivity contribution in [3.8, 4) is 0 Å². The summed E-state index contributed by atoms with van der Waals surface area (Å²) >= 11 is 1.62. The Morgan fingerprint density at radius 3 is 2.92 bits per heavy atom. The SMILES string of the molecule is Cc1nc(N2CCCCC2)ncc1C(=O)NCC1=CSC2=NCCN12. The maximum Gasteiger partial charge on any atom is 0.255 e. The normalized spacial score (nSPS) is 19.6. The van der Waals surface area contributed by atoms with Gasteiger partial charge in [0, 0.05) is 36.9 Å². The molecule has 3 aliphatic rings. The van der Waals surface area contributed by atoms with Gasteiger partial charge in [-0.25, -0.2) is 9.97 Å². The molecule has 0 spiro atoms. The van der Waals surface area contributed by atoms with E-state index in [0.717, 1.165) is 48.7 Å². The van der Waals surface area contributed by atoms with E-state index in [9.17, 15) is 4.79 Å². The number of carbonyl (C=O) groups excluding carboxylic acids is 1. The number of thioether (sulfide) groups is 1. The molecule has 1 aromatic heterocycles. The number of amidine groups is 1. The zero-order valence-electron chi connectivity index (χ0n) is 14.4. The molecule has 0 atom stereocenters. The summed E-state index contributed by atoms with van der Waals surface area (Å²) in [6.07, 6.45) is 5.29. The van der Waals surface area contributed by atoms with Crippen LogP contribution in [0.2, 0.25) is 0 Å². The van der Waals surface area contributed by atoms with Crippen molar-refractivity contribution in [2.24, 2.45) is 4.99 Å². The first-order valence-corrected chi connectivity index (χ1v) is 9.65. The minimum Gasteiger partial charge on any atom is -0.346 e. The van der Waals surface area contributed by atoms with Gasteiger partial charge in [-0.05, 0) is 26.2 Å². The summed E-state index contributed by atoms with van der Waals surface area (Å²) in [4.78, 5) is 30.3. The number of piperidine rings is 1. The molecule has 0 saturated carbocycles. The van der Waals surface area contributed by atoms with Gasteiger partial charge in [0.25, 0.3) is 5.91 Å². The van der Waals surface area contributed by atoms with Crippen molar-refractivity contribution in [1.29, 1.82) is 0 Å². The highest BCUT2D eigenvalue weighted by Gasteiger charge is 2.26. The molecule has 0 radical (unpaired) electrons. The molecule has 25 heavy (non-hydrogen) atoms. The van der Waals surface area contributed by atoms with Crippen LogP contribution in [-0.4, -0.2) is 58.7 Å². The number of carbonyl (C=O) groups is 1. The summed E-state index contributed by atoms with van der Waals surface area (Å²) in [5, 5.41) is 6.08. The van der Waals surface area contributed by atoms with Crippen molar-refractivity contribution in [2.45, 2.75) is 26.2 Å². The minimum absolute atomic E-state index is 0.127. The fraction of sp³-hybridized carbons (Fsp3) is 0.529. The van der Waals surface area contributed by atoms with Gasteiger partial charge in [0.15, 0.2) is 5.17 Å². The summed E-state index contributed by atoms with van der Waals surface area (Å²) in [6, 6.07) is 0. The van der Waals surface area contributed by atoms with E-state index in [1.165, 1.54) is 19.3 Å². The number of nitrogens with zero attached hydrogens (tertiary/aromatic N) is 5. The predicted octanol–water partition coefficient (Wildman–Crippen LogP) is 1.76. The summed E-state index contributed by atoms with van der Waals surface area (Å²) in [5.41, 5.74) is 2.37. The Labute approximate surface area is 151 Å². The predicted molar refractivity (Wildman–Crippen MR) is 99.8 cm³/mol. The third-order valence-electron chi connectivity index (χ3n) is 4.73. The molecule has 0 aliphatic carbocycles. The summed E-state index contributed by atoms with van der Waals surface area (Å²) in [7, 11) is 0. The van der Waals surface area contributed by atoms with Crippen LogP contribution in [0.1, 0.15) is 35.3 Å². The third kappa shape index (κ3) is 3.35. The van der Waals surface area contributed by atoms with Crippen molar-refractivity contribution in [2.75, 3.05) is 37.6 Å². The topological polar surface area (TPSA) is 73.7 Å². The second-order valence-corrected chi connectivity index (χ2v) is 7.28. The average molecular weight is 358 g/mol. The molecule has 0 aromatic carbocycles. The first-order valence-electron chi connectivity index (χ1n) is 8.77. The van der Waals surface area contributed by atoms with Gasteiger partial charge in [-0.15, -0.1) is 0 Å². The number of amides is 1. The number of nitrogens with one attached hydrogen (secondary N) is 1. The van der Waals surface area contributed by atoms with Crippen molar-refractivity contribution in [1.82, 2.24) is 20.2 Å². The maximum atomic E-state index is 12.5. The van der Waals surface area contributed by atoms with Crippen LogP contribution in [0.25, 0.3) is 0 Å². The molecule has 4 heterocycles. The lowest BCUT2D eigenvalue weighted by Crippen LogP contribution is -2.33. The van der Waals surface area contributed by atoms with Gasteiger partial charge < -0.3 is 15.1 Å². The molecule has 1 saturated heterocycles. The lowest BCUT2D eigenvalue weighted by Gasteiger charge is -2.26. The molecule has 0 unspecified atom stereocenters. The summed E-state index contributed by atoms with van der Waals surface area (Å²) < 4.78 is 0. The number of hydrogen-bond donors (Lipinski definition) is 1. The Morgan fingerprint density at radius 1 is 1.28 bits per heavy atom. The Hall–Kier alpha value is -2.09. The minimum atomic E-state index is -0.127. The lowest BCUT2D eigenvalue weighted by atomic mass is 10.1. The molecule has 1 N–H and O–H groups in total. The number of fused-ring (bicyclic) bond motifs is 1. The smallest absolute Gasteiger partial charge is 0.255 e. The molecule has 1 fully saturated rings. The highest BCUT2D eigenvalue weighted by molar-refractivity contribution is 8.16. The van der Waals surface area contributed by atoms with E-state index in [1.54, 1.807) is 18.0 Å². The first-order chi connectivity index (χ1) is 12.2. The molecular weight excluding hydrogens is 336 g/mol. The van der Waals surface area contributed by atoms with E-state index >= 15 is 0 Å². The number of aryl methyl sites for hydroxylation is 1. The Balaban J connectivity index is 1.39. The van der Waals surface area contributed by atoms with Crippen molar-refractivity contribution < 1.29 is 4.79 Å². The summed E-state index contributed by atoms with van der Waals surface area (Å²) in [5.74, 6) is 0.611. The first kappa shape index (κ1) is 16.4. The summed E-state index contributed by atoms with van der Waals surface area (Å²) in [6.45, 7) is 6.10. The fourth-order valence-electron chi connectivity index (χ4n) is 3.31. The van der Waals surface area contributed by atoms with Crippen molar-refractivity contribution in [3.05, 3.63) is 28.6 Å². The number of rotatable bonds is 4. The second-order valence-electron chi connectivity index (χ2n) is 6.44. The van der Waals surface area contributed by atoms with Crippen LogP contribution in [0, 0.1) is 6.92 Å². The molecule has 0 bridgehead atoms. The molecular formula is C17H22N6OS. The fourth-order valence-corrected chi connectivity index (χ4v) is 4.26. The van der Waals surface area contributed by atoms with Crippen LogP contribution in [0.3, 0.4) is 0 Å². The quantitative estimate of drug-likeness (QED) is 0.884. The number of aromatic nitrogens is 2. The Morgan fingerprint density at radius 2 is 2.12 bits per heavy atom. The van der Waals surface area contributed by atoms with E-state index < -0.39 is 0 Å². The highest BCUT2D eigenvalue weighted by atomic mass is 32.2. The van der Waals surface area contributed by atoms with Crippen LogP contribution in [0.15, 0.2) is 22.3 Å². The van der Waals surface area contributed by atoms with Crippen LogP contribution >= 0.6 is 11.8 Å². The monoisotopic (exact) mass is 358 g/mol. The maximum absolute atomic E-state index is 12.5. The van der Waals surface area contributed by atoms with Crippen LogP contribution in [-0.2, 0) is 0 Å². The number of anilines is 1. The second kappa shape index (κ2) is 7.03. The van der Waals surface area contributed by atoms with Crippen molar-refractivity contribution >= 4 is 28.8 Å².